The summed E-state index contributed by atoms with van der Waals surface area (Å²) in [4.78, 5) is 12.0. The van der Waals surface area contributed by atoms with Crippen LogP contribution in [0.4, 0.5) is 0 Å². The van der Waals surface area contributed by atoms with Crippen molar-refractivity contribution in [3.05, 3.63) is 40.7 Å². The van der Waals surface area contributed by atoms with Crippen LogP contribution in [0.3, 0.4) is 0 Å². The molecule has 0 amide bonds. The highest BCUT2D eigenvalue weighted by Crippen LogP contribution is 2.13. The fourth-order valence-electron chi connectivity index (χ4n) is 1.50. The molecule has 2 rings (SSSR count). The summed E-state index contributed by atoms with van der Waals surface area (Å²) in [7, 11) is 0. The normalized spacial score (nSPS) is 10.6. The molecule has 0 unspecified atom stereocenters. The Morgan fingerprint density at radius 3 is 2.75 bits per heavy atom. The second kappa shape index (κ2) is 5.07. The van der Waals surface area contributed by atoms with Gasteiger partial charge >= 0.3 is 0 Å². The van der Waals surface area contributed by atoms with Crippen molar-refractivity contribution in [2.45, 2.75) is 26.3 Å². The van der Waals surface area contributed by atoms with Crippen LogP contribution in [0.25, 0.3) is 11.3 Å². The molecule has 16 heavy (non-hydrogen) atoms. The van der Waals surface area contributed by atoms with E-state index in [9.17, 15) is 4.79 Å². The van der Waals surface area contributed by atoms with Crippen molar-refractivity contribution in [3.8, 4) is 11.3 Å². The van der Waals surface area contributed by atoms with Crippen LogP contribution in [0, 0.1) is 0 Å². The lowest BCUT2D eigenvalue weighted by molar-refractivity contribution is 0.658. The monoisotopic (exact) mass is 234 g/mol. The fourth-order valence-corrected chi connectivity index (χ4v) is 2.24. The van der Waals surface area contributed by atoms with Crippen molar-refractivity contribution in [1.82, 2.24) is 8.33 Å². The van der Waals surface area contributed by atoms with Gasteiger partial charge in [0.2, 0.25) is 0 Å². The summed E-state index contributed by atoms with van der Waals surface area (Å²) >= 11 is 1.27. The van der Waals surface area contributed by atoms with Crippen molar-refractivity contribution in [1.29, 1.82) is 0 Å². The van der Waals surface area contributed by atoms with Crippen molar-refractivity contribution >= 4 is 11.7 Å². The molecule has 3 nitrogen and oxygen atoms in total. The predicted molar refractivity (Wildman–Crippen MR) is 66.7 cm³/mol. The number of nitrogens with zero attached hydrogens (tertiary/aromatic N) is 2. The zero-order valence-electron chi connectivity index (χ0n) is 9.22. The van der Waals surface area contributed by atoms with E-state index in [1.54, 1.807) is 3.96 Å². The number of hydrogen-bond donors (Lipinski definition) is 0. The van der Waals surface area contributed by atoms with Gasteiger partial charge in [-0.05, 0) is 6.42 Å². The fraction of sp³-hybridized carbons (Fsp3) is 0.333. The highest BCUT2D eigenvalue weighted by Gasteiger charge is 2.09. The molecule has 0 bridgehead atoms. The lowest BCUT2D eigenvalue weighted by Crippen LogP contribution is -2.14. The van der Waals surface area contributed by atoms with Gasteiger partial charge < -0.3 is 0 Å². The first-order valence-corrected chi connectivity index (χ1v) is 6.18. The standard InChI is InChI=1S/C12H14N2OS/c1-2-3-9-14-12(15)11(13-16-14)10-7-5-4-6-8-10/h4-8H,2-3,9H2,1H3. The molecule has 0 aliphatic rings. The van der Waals surface area contributed by atoms with Crippen LogP contribution in [0.1, 0.15) is 19.8 Å². The van der Waals surface area contributed by atoms with E-state index < -0.39 is 0 Å². The topological polar surface area (TPSA) is 34.9 Å². The molecule has 0 atom stereocenters. The highest BCUT2D eigenvalue weighted by atomic mass is 32.1. The predicted octanol–water partition coefficient (Wildman–Crippen LogP) is 2.77. The number of unbranched alkanes of at least 4 members (excludes halogenated alkanes) is 1. The Kier molecular flexibility index (Phi) is 3.51. The first-order chi connectivity index (χ1) is 7.83. The molecule has 0 aliphatic carbocycles. The molecule has 0 saturated heterocycles. The molecule has 84 valence electrons. The van der Waals surface area contributed by atoms with Gasteiger partial charge in [-0.1, -0.05) is 43.7 Å². The zero-order chi connectivity index (χ0) is 11.4. The maximum absolute atomic E-state index is 12.0. The minimum atomic E-state index is 0.0321. The van der Waals surface area contributed by atoms with Gasteiger partial charge in [-0.2, -0.15) is 4.37 Å². The lowest BCUT2D eigenvalue weighted by atomic mass is 10.2. The molecule has 0 radical (unpaired) electrons. The summed E-state index contributed by atoms with van der Waals surface area (Å²) in [6, 6.07) is 9.61. The Hall–Kier alpha value is -1.42. The third kappa shape index (κ3) is 2.22. The number of aromatic nitrogens is 2. The Labute approximate surface area is 98.7 Å². The van der Waals surface area contributed by atoms with E-state index in [1.165, 1.54) is 11.7 Å². The molecule has 0 fully saturated rings. The van der Waals surface area contributed by atoms with Gasteiger partial charge in [0.15, 0.2) is 5.69 Å². The zero-order valence-corrected chi connectivity index (χ0v) is 10.0. The second-order valence-corrected chi connectivity index (χ2v) is 4.44. The molecule has 2 aromatic rings. The van der Waals surface area contributed by atoms with Crippen LogP contribution >= 0.6 is 11.7 Å². The van der Waals surface area contributed by atoms with Crippen LogP contribution in [0.15, 0.2) is 35.1 Å². The summed E-state index contributed by atoms with van der Waals surface area (Å²) in [6.07, 6.45) is 2.11. The average molecular weight is 234 g/mol. The van der Waals surface area contributed by atoms with Crippen molar-refractivity contribution in [2.75, 3.05) is 0 Å². The van der Waals surface area contributed by atoms with Gasteiger partial charge in [-0.3, -0.25) is 4.79 Å². The molecule has 4 heteroatoms. The molecule has 0 spiro atoms. The molecule has 0 aliphatic heterocycles. The molecular formula is C12H14N2OS. The quantitative estimate of drug-likeness (QED) is 0.815. The number of hydrogen-bond acceptors (Lipinski definition) is 3. The van der Waals surface area contributed by atoms with Gasteiger partial charge in [0.1, 0.15) is 0 Å². The van der Waals surface area contributed by atoms with Crippen LogP contribution in [-0.4, -0.2) is 8.33 Å². The molecule has 1 heterocycles. The van der Waals surface area contributed by atoms with Crippen molar-refractivity contribution in [2.24, 2.45) is 0 Å². The van der Waals surface area contributed by atoms with Gasteiger partial charge in [-0.15, -0.1) is 0 Å². The number of rotatable bonds is 4. The summed E-state index contributed by atoms with van der Waals surface area (Å²) in [6.45, 7) is 2.89. The third-order valence-corrected chi connectivity index (χ3v) is 3.23. The molecule has 1 aromatic heterocycles. The first-order valence-electron chi connectivity index (χ1n) is 5.45. The second-order valence-electron chi connectivity index (χ2n) is 3.65. The molecule has 0 N–H and O–H groups in total. The summed E-state index contributed by atoms with van der Waals surface area (Å²) < 4.78 is 5.96. The van der Waals surface area contributed by atoms with Gasteiger partial charge in [0.05, 0.1) is 0 Å². The van der Waals surface area contributed by atoms with E-state index in [0.29, 0.717) is 5.69 Å². The third-order valence-electron chi connectivity index (χ3n) is 2.42. The van der Waals surface area contributed by atoms with Gasteiger partial charge in [0, 0.05) is 23.8 Å². The average Bonchev–Trinajstić information content (AvgIpc) is 2.69. The minimum Gasteiger partial charge on any atom is -0.266 e. The molecular weight excluding hydrogens is 220 g/mol. The first kappa shape index (κ1) is 11.1. The van der Waals surface area contributed by atoms with E-state index in [1.807, 2.05) is 30.3 Å². The largest absolute Gasteiger partial charge is 0.288 e. The van der Waals surface area contributed by atoms with Gasteiger partial charge in [-0.25, -0.2) is 3.96 Å². The smallest absolute Gasteiger partial charge is 0.266 e. The van der Waals surface area contributed by atoms with E-state index in [4.69, 9.17) is 0 Å². The SMILES string of the molecule is CCCCn1snc(-c2ccccc2)c1=O. The summed E-state index contributed by atoms with van der Waals surface area (Å²) in [5.74, 6) is 0. The van der Waals surface area contributed by atoms with Crippen LogP contribution in [0.5, 0.6) is 0 Å². The molecule has 0 saturated carbocycles. The Morgan fingerprint density at radius 2 is 2.06 bits per heavy atom. The Balaban J connectivity index is 2.31. The van der Waals surface area contributed by atoms with Crippen LogP contribution < -0.4 is 5.56 Å². The van der Waals surface area contributed by atoms with E-state index in [2.05, 4.69) is 11.3 Å². The minimum absolute atomic E-state index is 0.0321. The Morgan fingerprint density at radius 1 is 1.31 bits per heavy atom. The van der Waals surface area contributed by atoms with E-state index in [-0.39, 0.29) is 5.56 Å². The summed E-state index contributed by atoms with van der Waals surface area (Å²) in [5, 5.41) is 0. The van der Waals surface area contributed by atoms with E-state index >= 15 is 0 Å². The van der Waals surface area contributed by atoms with Gasteiger partial charge in [0.25, 0.3) is 5.56 Å². The van der Waals surface area contributed by atoms with Crippen LogP contribution in [-0.2, 0) is 6.54 Å². The maximum atomic E-state index is 12.0. The number of aryl methyl sites for hydroxylation is 1. The Bertz CT molecular complexity index is 501. The summed E-state index contributed by atoms with van der Waals surface area (Å²) in [5.41, 5.74) is 1.50. The lowest BCUT2D eigenvalue weighted by Gasteiger charge is -1.95. The highest BCUT2D eigenvalue weighted by molar-refractivity contribution is 7.00. The van der Waals surface area contributed by atoms with E-state index in [0.717, 1.165) is 24.9 Å². The number of benzene rings is 1. The maximum Gasteiger partial charge on any atom is 0.288 e. The van der Waals surface area contributed by atoms with Crippen molar-refractivity contribution in [3.63, 3.8) is 0 Å². The van der Waals surface area contributed by atoms with Crippen molar-refractivity contribution < 1.29 is 0 Å². The molecule has 1 aromatic carbocycles. The van der Waals surface area contributed by atoms with Crippen LogP contribution in [0.2, 0.25) is 0 Å².